The minimum atomic E-state index is -0.318. The molecule has 1 aromatic carbocycles. The van der Waals surface area contributed by atoms with Gasteiger partial charge in [0.25, 0.3) is 0 Å². The van der Waals surface area contributed by atoms with Gasteiger partial charge in [-0.2, -0.15) is 0 Å². The first-order chi connectivity index (χ1) is 11.0. The highest BCUT2D eigenvalue weighted by molar-refractivity contribution is 5.80. The SMILES string of the molecule is Cc1ccc2[nH]c(CCNC(=O)[C@H]3CCC[C@@H](O)C3)nc2c1C. The molecule has 3 rings (SSSR count). The summed E-state index contributed by atoms with van der Waals surface area (Å²) in [5.74, 6) is 0.920. The zero-order chi connectivity index (χ0) is 16.4. The van der Waals surface area contributed by atoms with E-state index >= 15 is 0 Å². The van der Waals surface area contributed by atoms with Gasteiger partial charge in [0.15, 0.2) is 0 Å². The predicted molar refractivity (Wildman–Crippen MR) is 90.2 cm³/mol. The Morgan fingerprint density at radius 2 is 2.22 bits per heavy atom. The van der Waals surface area contributed by atoms with Crippen LogP contribution >= 0.6 is 0 Å². The number of fused-ring (bicyclic) bond motifs is 1. The second-order valence-corrected chi connectivity index (χ2v) is 6.65. The van der Waals surface area contributed by atoms with Crippen LogP contribution in [0.1, 0.15) is 42.6 Å². The van der Waals surface area contributed by atoms with Crippen molar-refractivity contribution in [2.24, 2.45) is 5.92 Å². The molecule has 0 unspecified atom stereocenters. The van der Waals surface area contributed by atoms with Crippen LogP contribution in [0.25, 0.3) is 11.0 Å². The van der Waals surface area contributed by atoms with Crippen molar-refractivity contribution in [2.45, 2.75) is 52.1 Å². The number of aromatic nitrogens is 2. The summed E-state index contributed by atoms with van der Waals surface area (Å²) in [5.41, 5.74) is 4.50. The molecule has 124 valence electrons. The molecule has 1 aliphatic rings. The summed E-state index contributed by atoms with van der Waals surface area (Å²) in [7, 11) is 0. The molecule has 0 aliphatic heterocycles. The van der Waals surface area contributed by atoms with Crippen molar-refractivity contribution < 1.29 is 9.90 Å². The van der Waals surface area contributed by atoms with E-state index in [2.05, 4.69) is 41.3 Å². The van der Waals surface area contributed by atoms with Gasteiger partial charge >= 0.3 is 0 Å². The van der Waals surface area contributed by atoms with Gasteiger partial charge in [-0.25, -0.2) is 4.98 Å². The highest BCUT2D eigenvalue weighted by atomic mass is 16.3. The fourth-order valence-corrected chi connectivity index (χ4v) is 3.33. The minimum Gasteiger partial charge on any atom is -0.393 e. The highest BCUT2D eigenvalue weighted by Gasteiger charge is 2.25. The largest absolute Gasteiger partial charge is 0.393 e. The van der Waals surface area contributed by atoms with Crippen molar-refractivity contribution >= 4 is 16.9 Å². The minimum absolute atomic E-state index is 0.0423. The smallest absolute Gasteiger partial charge is 0.223 e. The lowest BCUT2D eigenvalue weighted by Gasteiger charge is -2.24. The van der Waals surface area contributed by atoms with Gasteiger partial charge in [-0.3, -0.25) is 4.79 Å². The molecular weight excluding hydrogens is 290 g/mol. The lowest BCUT2D eigenvalue weighted by Crippen LogP contribution is -2.36. The fraction of sp³-hybridized carbons (Fsp3) is 0.556. The van der Waals surface area contributed by atoms with E-state index in [1.54, 1.807) is 0 Å². The van der Waals surface area contributed by atoms with Gasteiger partial charge in [0, 0.05) is 18.9 Å². The van der Waals surface area contributed by atoms with Crippen LogP contribution in [-0.2, 0) is 11.2 Å². The maximum atomic E-state index is 12.2. The van der Waals surface area contributed by atoms with Gasteiger partial charge in [0.05, 0.1) is 17.1 Å². The van der Waals surface area contributed by atoms with Crippen LogP contribution in [0, 0.1) is 19.8 Å². The quantitative estimate of drug-likeness (QED) is 0.810. The molecule has 0 radical (unpaired) electrons. The Labute approximate surface area is 136 Å². The van der Waals surface area contributed by atoms with Crippen LogP contribution in [0.5, 0.6) is 0 Å². The Balaban J connectivity index is 1.56. The van der Waals surface area contributed by atoms with Gasteiger partial charge in [0.2, 0.25) is 5.91 Å². The number of hydrogen-bond acceptors (Lipinski definition) is 3. The summed E-state index contributed by atoms with van der Waals surface area (Å²) in [4.78, 5) is 20.1. The number of rotatable bonds is 4. The molecule has 2 atom stereocenters. The van der Waals surface area contributed by atoms with Crippen molar-refractivity contribution in [1.82, 2.24) is 15.3 Å². The Morgan fingerprint density at radius 3 is 3.00 bits per heavy atom. The molecule has 1 aliphatic carbocycles. The Kier molecular flexibility index (Phi) is 4.66. The molecule has 5 heteroatoms. The van der Waals surface area contributed by atoms with Crippen LogP contribution in [0.3, 0.4) is 0 Å². The van der Waals surface area contributed by atoms with E-state index < -0.39 is 0 Å². The van der Waals surface area contributed by atoms with E-state index in [4.69, 9.17) is 0 Å². The molecule has 3 N–H and O–H groups in total. The third kappa shape index (κ3) is 3.55. The third-order valence-corrected chi connectivity index (χ3v) is 4.91. The van der Waals surface area contributed by atoms with E-state index in [-0.39, 0.29) is 17.9 Å². The molecule has 1 aromatic heterocycles. The first-order valence-corrected chi connectivity index (χ1v) is 8.45. The number of imidazole rings is 1. The molecule has 1 fully saturated rings. The molecule has 5 nitrogen and oxygen atoms in total. The molecule has 0 saturated heterocycles. The normalized spacial score (nSPS) is 21.5. The average molecular weight is 315 g/mol. The van der Waals surface area contributed by atoms with E-state index in [0.717, 1.165) is 36.1 Å². The molecule has 1 saturated carbocycles. The van der Waals surface area contributed by atoms with E-state index in [9.17, 15) is 9.90 Å². The Bertz CT molecular complexity index is 708. The number of nitrogens with zero attached hydrogens (tertiary/aromatic N) is 1. The van der Waals surface area contributed by atoms with Crippen molar-refractivity contribution in [1.29, 1.82) is 0 Å². The average Bonchev–Trinajstić information content (AvgIpc) is 2.95. The number of benzene rings is 1. The number of aliphatic hydroxyl groups excluding tert-OH is 1. The summed E-state index contributed by atoms with van der Waals surface area (Å²) >= 11 is 0. The van der Waals surface area contributed by atoms with E-state index in [1.165, 1.54) is 11.1 Å². The number of aliphatic hydroxyl groups is 1. The van der Waals surface area contributed by atoms with Crippen molar-refractivity contribution in [3.8, 4) is 0 Å². The molecule has 23 heavy (non-hydrogen) atoms. The first kappa shape index (κ1) is 16.0. The lowest BCUT2D eigenvalue weighted by atomic mass is 9.87. The van der Waals surface area contributed by atoms with Crippen LogP contribution in [0.15, 0.2) is 12.1 Å². The summed E-state index contributed by atoms with van der Waals surface area (Å²) in [6.07, 6.45) is 3.60. The zero-order valence-electron chi connectivity index (χ0n) is 13.9. The third-order valence-electron chi connectivity index (χ3n) is 4.91. The van der Waals surface area contributed by atoms with Gasteiger partial charge in [-0.15, -0.1) is 0 Å². The molecule has 1 heterocycles. The Hall–Kier alpha value is -1.88. The maximum Gasteiger partial charge on any atom is 0.223 e. The van der Waals surface area contributed by atoms with Crippen LogP contribution < -0.4 is 5.32 Å². The number of amides is 1. The fourth-order valence-electron chi connectivity index (χ4n) is 3.33. The van der Waals surface area contributed by atoms with Crippen molar-refractivity contribution in [3.05, 3.63) is 29.1 Å². The predicted octanol–water partition coefficient (Wildman–Crippen LogP) is 2.39. The number of H-pyrrole nitrogens is 1. The number of nitrogens with one attached hydrogen (secondary N) is 2. The number of aromatic amines is 1. The Morgan fingerprint density at radius 1 is 1.39 bits per heavy atom. The topological polar surface area (TPSA) is 78.0 Å². The van der Waals surface area contributed by atoms with Crippen molar-refractivity contribution in [3.63, 3.8) is 0 Å². The molecular formula is C18H25N3O2. The molecule has 1 amide bonds. The lowest BCUT2D eigenvalue weighted by molar-refractivity contribution is -0.127. The first-order valence-electron chi connectivity index (χ1n) is 8.45. The number of hydrogen-bond donors (Lipinski definition) is 3. The second kappa shape index (κ2) is 6.71. The van der Waals surface area contributed by atoms with Gasteiger partial charge in [-0.05, 0) is 50.3 Å². The van der Waals surface area contributed by atoms with E-state index in [0.29, 0.717) is 19.4 Å². The second-order valence-electron chi connectivity index (χ2n) is 6.65. The van der Waals surface area contributed by atoms with E-state index in [1.807, 2.05) is 0 Å². The number of carbonyl (C=O) groups excluding carboxylic acids is 1. The van der Waals surface area contributed by atoms with Crippen LogP contribution in [0.2, 0.25) is 0 Å². The van der Waals surface area contributed by atoms with Crippen molar-refractivity contribution in [2.75, 3.05) is 6.54 Å². The molecule has 0 spiro atoms. The zero-order valence-corrected chi connectivity index (χ0v) is 13.9. The maximum absolute atomic E-state index is 12.2. The van der Waals surface area contributed by atoms with Gasteiger partial charge in [0.1, 0.15) is 5.82 Å². The summed E-state index contributed by atoms with van der Waals surface area (Å²) in [6.45, 7) is 4.74. The highest BCUT2D eigenvalue weighted by Crippen LogP contribution is 2.24. The monoisotopic (exact) mass is 315 g/mol. The van der Waals surface area contributed by atoms with Gasteiger partial charge < -0.3 is 15.4 Å². The molecule has 2 aromatic rings. The summed E-state index contributed by atoms with van der Waals surface area (Å²) in [6, 6.07) is 4.14. The van der Waals surface area contributed by atoms with Crippen LogP contribution in [-0.4, -0.2) is 33.6 Å². The molecule has 0 bridgehead atoms. The summed E-state index contributed by atoms with van der Waals surface area (Å²) < 4.78 is 0. The van der Waals surface area contributed by atoms with Gasteiger partial charge in [-0.1, -0.05) is 12.5 Å². The number of carbonyl (C=O) groups is 1. The number of aryl methyl sites for hydroxylation is 2. The summed E-state index contributed by atoms with van der Waals surface area (Å²) in [5, 5.41) is 12.6. The standard InChI is InChI=1S/C18H25N3O2/c1-11-6-7-15-17(12(11)2)21-16(20-15)8-9-19-18(23)13-4-3-5-14(22)10-13/h6-7,13-14,22H,3-5,8-10H2,1-2H3,(H,19,23)(H,20,21)/t13-,14+/m0/s1. The van der Waals surface area contributed by atoms with Crippen LogP contribution in [0.4, 0.5) is 0 Å².